The molecule has 2 N–H and O–H groups in total. The minimum Gasteiger partial charge on any atom is -0.508 e. The van der Waals surface area contributed by atoms with Crippen LogP contribution in [0.15, 0.2) is 60.4 Å². The lowest BCUT2D eigenvalue weighted by molar-refractivity contribution is -0.131. The van der Waals surface area contributed by atoms with Crippen molar-refractivity contribution in [2.24, 2.45) is 0 Å². The van der Waals surface area contributed by atoms with Gasteiger partial charge in [0.1, 0.15) is 5.76 Å². The van der Waals surface area contributed by atoms with Gasteiger partial charge in [0, 0.05) is 6.08 Å². The Morgan fingerprint density at radius 1 is 0.783 bits per heavy atom. The highest BCUT2D eigenvalue weighted by atomic mass is 16.4. The van der Waals surface area contributed by atoms with Crippen molar-refractivity contribution in [2.45, 2.75) is 58.3 Å². The summed E-state index contributed by atoms with van der Waals surface area (Å²) in [6, 6.07) is 0. The normalized spacial score (nSPS) is 13.2. The lowest BCUT2D eigenvalue weighted by Crippen LogP contribution is -1.84. The van der Waals surface area contributed by atoms with E-state index in [9.17, 15) is 9.90 Å². The zero-order valence-electron chi connectivity index (χ0n) is 14.2. The number of carbonyl (C=O) groups is 1. The van der Waals surface area contributed by atoms with E-state index in [1.807, 2.05) is 6.08 Å². The first kappa shape index (κ1) is 21.0. The highest BCUT2D eigenvalue weighted by Crippen LogP contribution is 2.08. The van der Waals surface area contributed by atoms with Gasteiger partial charge in [-0.2, -0.15) is 0 Å². The van der Waals surface area contributed by atoms with E-state index in [0.29, 0.717) is 0 Å². The minimum atomic E-state index is -0.992. The van der Waals surface area contributed by atoms with Gasteiger partial charge in [-0.25, -0.2) is 4.79 Å². The van der Waals surface area contributed by atoms with Crippen LogP contribution < -0.4 is 0 Å². The molecule has 0 atom stereocenters. The molecule has 3 nitrogen and oxygen atoms in total. The molecule has 0 bridgehead atoms. The summed E-state index contributed by atoms with van der Waals surface area (Å²) in [6.07, 6.45) is 24.8. The monoisotopic (exact) mass is 318 g/mol. The van der Waals surface area contributed by atoms with Crippen LogP contribution in [0.2, 0.25) is 0 Å². The van der Waals surface area contributed by atoms with Crippen molar-refractivity contribution in [2.75, 3.05) is 0 Å². The van der Waals surface area contributed by atoms with E-state index in [1.54, 1.807) is 24.3 Å². The molecule has 0 saturated heterocycles. The molecule has 128 valence electrons. The number of aliphatic hydroxyl groups excluding tert-OH is 1. The second-order valence-electron chi connectivity index (χ2n) is 5.37. The van der Waals surface area contributed by atoms with Gasteiger partial charge in [0.15, 0.2) is 0 Å². The minimum absolute atomic E-state index is 0.130. The van der Waals surface area contributed by atoms with Crippen LogP contribution in [0.4, 0.5) is 0 Å². The Balaban J connectivity index is 3.72. The largest absolute Gasteiger partial charge is 0.508 e. The Hall–Kier alpha value is -2.03. The second kappa shape index (κ2) is 16.3. The lowest BCUT2D eigenvalue weighted by atomic mass is 10.1. The van der Waals surface area contributed by atoms with Crippen molar-refractivity contribution in [3.8, 4) is 0 Å². The molecule has 0 aromatic carbocycles. The number of hydrogen-bond donors (Lipinski definition) is 2. The van der Waals surface area contributed by atoms with E-state index in [2.05, 4.69) is 13.0 Å². The number of hydrogen-bond acceptors (Lipinski definition) is 2. The summed E-state index contributed by atoms with van der Waals surface area (Å²) in [7, 11) is 0. The van der Waals surface area contributed by atoms with Gasteiger partial charge in [-0.3, -0.25) is 0 Å². The van der Waals surface area contributed by atoms with E-state index in [0.717, 1.165) is 12.5 Å². The van der Waals surface area contributed by atoms with Gasteiger partial charge in [0.05, 0.1) is 0 Å². The van der Waals surface area contributed by atoms with Crippen LogP contribution in [-0.2, 0) is 4.79 Å². The number of allylic oxidation sites excluding steroid dienone is 8. The van der Waals surface area contributed by atoms with Crippen LogP contribution in [0.25, 0.3) is 0 Å². The summed E-state index contributed by atoms with van der Waals surface area (Å²) in [4.78, 5) is 10.2. The number of carboxylic acid groups (broad SMARTS) is 1. The third-order valence-electron chi connectivity index (χ3n) is 3.22. The first-order valence-electron chi connectivity index (χ1n) is 8.47. The molecule has 0 aliphatic heterocycles. The zero-order chi connectivity index (χ0) is 17.2. The third-order valence-corrected chi connectivity index (χ3v) is 3.22. The fourth-order valence-corrected chi connectivity index (χ4v) is 1.96. The van der Waals surface area contributed by atoms with Gasteiger partial charge in [-0.05, 0) is 25.0 Å². The Morgan fingerprint density at radius 2 is 1.43 bits per heavy atom. The number of aliphatic hydroxyl groups is 1. The van der Waals surface area contributed by atoms with Crippen molar-refractivity contribution < 1.29 is 15.0 Å². The van der Waals surface area contributed by atoms with Gasteiger partial charge in [-0.15, -0.1) is 0 Å². The maximum atomic E-state index is 10.2. The summed E-state index contributed by atoms with van der Waals surface area (Å²) in [5.41, 5.74) is 0. The van der Waals surface area contributed by atoms with Crippen LogP contribution in [0.3, 0.4) is 0 Å². The van der Waals surface area contributed by atoms with Crippen LogP contribution in [0.1, 0.15) is 58.3 Å². The molecular weight excluding hydrogens is 288 g/mol. The van der Waals surface area contributed by atoms with Gasteiger partial charge >= 0.3 is 5.97 Å². The molecule has 0 heterocycles. The quantitative estimate of drug-likeness (QED) is 0.193. The first-order chi connectivity index (χ1) is 11.2. The highest BCUT2D eigenvalue weighted by molar-refractivity contribution is 5.80. The van der Waals surface area contributed by atoms with E-state index in [-0.39, 0.29) is 5.76 Å². The van der Waals surface area contributed by atoms with Crippen LogP contribution in [-0.4, -0.2) is 16.2 Å². The SMILES string of the molecule is CCCCCCCCCC=CC=CC(O)=CC=CC=CC(=O)O. The van der Waals surface area contributed by atoms with Crippen molar-refractivity contribution in [1.82, 2.24) is 0 Å². The fraction of sp³-hybridized carbons (Fsp3) is 0.450. The molecule has 0 spiro atoms. The molecule has 3 heteroatoms. The van der Waals surface area contributed by atoms with Crippen molar-refractivity contribution in [3.63, 3.8) is 0 Å². The Bertz CT molecular complexity index is 440. The summed E-state index contributed by atoms with van der Waals surface area (Å²) in [5, 5.41) is 17.9. The molecule has 23 heavy (non-hydrogen) atoms. The molecule has 0 radical (unpaired) electrons. The van der Waals surface area contributed by atoms with Crippen LogP contribution in [0.5, 0.6) is 0 Å². The molecule has 0 rings (SSSR count). The molecule has 0 unspecified atom stereocenters. The van der Waals surface area contributed by atoms with Crippen molar-refractivity contribution in [1.29, 1.82) is 0 Å². The van der Waals surface area contributed by atoms with Crippen molar-refractivity contribution in [3.05, 3.63) is 60.4 Å². The predicted octanol–water partition coefficient (Wildman–Crippen LogP) is 5.88. The number of rotatable bonds is 13. The Kier molecular flexibility index (Phi) is 14.9. The average molecular weight is 318 g/mol. The standard InChI is InChI=1S/C20H30O3/c1-2-3-4-5-6-7-8-9-10-11-13-16-19(21)17-14-12-15-18-20(22)23/h10-18,21H,2-9H2,1H3,(H,22,23). The Labute approximate surface area is 140 Å². The molecule has 0 aliphatic carbocycles. The molecule has 0 saturated carbocycles. The van der Waals surface area contributed by atoms with Crippen LogP contribution >= 0.6 is 0 Å². The van der Waals surface area contributed by atoms with E-state index >= 15 is 0 Å². The van der Waals surface area contributed by atoms with E-state index < -0.39 is 5.97 Å². The zero-order valence-corrected chi connectivity index (χ0v) is 14.2. The van der Waals surface area contributed by atoms with Crippen LogP contribution in [0, 0.1) is 0 Å². The third kappa shape index (κ3) is 17.9. The topological polar surface area (TPSA) is 57.5 Å². The van der Waals surface area contributed by atoms with Gasteiger partial charge in [0.2, 0.25) is 0 Å². The van der Waals surface area contributed by atoms with Gasteiger partial charge in [-0.1, -0.05) is 81.9 Å². The second-order valence-corrected chi connectivity index (χ2v) is 5.37. The molecule has 0 fully saturated rings. The van der Waals surface area contributed by atoms with E-state index in [1.165, 1.54) is 57.1 Å². The Morgan fingerprint density at radius 3 is 2.13 bits per heavy atom. The molecule has 0 aliphatic rings. The fourth-order valence-electron chi connectivity index (χ4n) is 1.96. The first-order valence-corrected chi connectivity index (χ1v) is 8.47. The maximum absolute atomic E-state index is 10.2. The predicted molar refractivity (Wildman–Crippen MR) is 97.5 cm³/mol. The molecule has 0 amide bonds. The average Bonchev–Trinajstić information content (AvgIpc) is 2.52. The summed E-state index contributed by atoms with van der Waals surface area (Å²) in [6.45, 7) is 2.23. The van der Waals surface area contributed by atoms with E-state index in [4.69, 9.17) is 5.11 Å². The number of aliphatic carboxylic acids is 1. The highest BCUT2D eigenvalue weighted by Gasteiger charge is 1.89. The van der Waals surface area contributed by atoms with Gasteiger partial charge in [0.25, 0.3) is 0 Å². The summed E-state index contributed by atoms with van der Waals surface area (Å²) >= 11 is 0. The maximum Gasteiger partial charge on any atom is 0.328 e. The van der Waals surface area contributed by atoms with Crippen molar-refractivity contribution >= 4 is 5.97 Å². The number of unbranched alkanes of at least 4 members (excludes halogenated alkanes) is 7. The molecule has 0 aromatic rings. The number of carboxylic acids is 1. The lowest BCUT2D eigenvalue weighted by Gasteiger charge is -1.98. The van der Waals surface area contributed by atoms with Gasteiger partial charge < -0.3 is 10.2 Å². The molecular formula is C20H30O3. The smallest absolute Gasteiger partial charge is 0.328 e. The summed E-state index contributed by atoms with van der Waals surface area (Å²) < 4.78 is 0. The molecule has 0 aromatic heterocycles. The summed E-state index contributed by atoms with van der Waals surface area (Å²) in [5.74, 6) is -0.862.